The van der Waals surface area contributed by atoms with Crippen LogP contribution in [0.1, 0.15) is 11.1 Å². The van der Waals surface area contributed by atoms with Gasteiger partial charge in [0, 0.05) is 12.2 Å². The molecule has 0 saturated heterocycles. The number of aromatic nitrogens is 3. The Balaban J connectivity index is 1.57. The van der Waals surface area contributed by atoms with Crippen molar-refractivity contribution in [2.75, 3.05) is 24.3 Å². The third kappa shape index (κ3) is 4.67. The Bertz CT molecular complexity index is 820. The minimum absolute atomic E-state index is 0.507. The third-order valence-electron chi connectivity index (χ3n) is 3.82. The summed E-state index contributed by atoms with van der Waals surface area (Å²) in [5.41, 5.74) is 3.37. The largest absolute Gasteiger partial charge is 0.497 e. The van der Waals surface area contributed by atoms with Crippen molar-refractivity contribution in [3.05, 3.63) is 65.9 Å². The van der Waals surface area contributed by atoms with Crippen LogP contribution in [0.5, 0.6) is 5.75 Å². The van der Waals surface area contributed by atoms with Crippen molar-refractivity contribution in [2.24, 2.45) is 0 Å². The standard InChI is InChI=1S/C19H21N5O/c1-14-5-3-4-6-17(14)22-18-13-21-24-19(23-18)20-12-11-15-7-9-16(25-2)10-8-15/h3-10,13H,11-12H2,1-2H3,(H2,20,22,23,24). The molecule has 0 unspecified atom stereocenters. The third-order valence-corrected chi connectivity index (χ3v) is 3.82. The summed E-state index contributed by atoms with van der Waals surface area (Å²) in [5, 5.41) is 14.5. The summed E-state index contributed by atoms with van der Waals surface area (Å²) in [5.74, 6) is 2.03. The first kappa shape index (κ1) is 16.7. The first-order valence-electron chi connectivity index (χ1n) is 8.14. The summed E-state index contributed by atoms with van der Waals surface area (Å²) < 4.78 is 5.16. The van der Waals surface area contributed by atoms with Crippen LogP contribution in [0.3, 0.4) is 0 Å². The number of ether oxygens (including phenoxy) is 1. The predicted molar refractivity (Wildman–Crippen MR) is 99.5 cm³/mol. The normalized spacial score (nSPS) is 10.3. The lowest BCUT2D eigenvalue weighted by molar-refractivity contribution is 0.414. The number of hydrogen-bond donors (Lipinski definition) is 2. The minimum Gasteiger partial charge on any atom is -0.497 e. The molecule has 1 heterocycles. The molecule has 6 heteroatoms. The van der Waals surface area contributed by atoms with Gasteiger partial charge in [-0.3, -0.25) is 0 Å². The summed E-state index contributed by atoms with van der Waals surface area (Å²) in [4.78, 5) is 4.45. The highest BCUT2D eigenvalue weighted by atomic mass is 16.5. The predicted octanol–water partition coefficient (Wildman–Crippen LogP) is 3.59. The summed E-state index contributed by atoms with van der Waals surface area (Å²) in [6.07, 6.45) is 2.48. The van der Waals surface area contributed by atoms with E-state index in [2.05, 4.69) is 37.9 Å². The Morgan fingerprint density at radius 1 is 1.04 bits per heavy atom. The lowest BCUT2D eigenvalue weighted by Crippen LogP contribution is -2.09. The van der Waals surface area contributed by atoms with E-state index in [0.717, 1.165) is 30.0 Å². The number of hydrogen-bond acceptors (Lipinski definition) is 6. The fourth-order valence-corrected chi connectivity index (χ4v) is 2.40. The minimum atomic E-state index is 0.507. The van der Waals surface area contributed by atoms with E-state index in [4.69, 9.17) is 4.74 Å². The van der Waals surface area contributed by atoms with E-state index in [1.807, 2.05) is 43.3 Å². The van der Waals surface area contributed by atoms with Crippen molar-refractivity contribution in [1.82, 2.24) is 15.2 Å². The molecular weight excluding hydrogens is 314 g/mol. The molecule has 0 radical (unpaired) electrons. The van der Waals surface area contributed by atoms with E-state index < -0.39 is 0 Å². The number of nitrogens with one attached hydrogen (secondary N) is 2. The fourth-order valence-electron chi connectivity index (χ4n) is 2.40. The second-order valence-electron chi connectivity index (χ2n) is 5.63. The van der Waals surface area contributed by atoms with Gasteiger partial charge in [-0.25, -0.2) is 0 Å². The second kappa shape index (κ2) is 8.10. The van der Waals surface area contributed by atoms with Crippen LogP contribution in [-0.2, 0) is 6.42 Å². The average molecular weight is 335 g/mol. The lowest BCUT2D eigenvalue weighted by Gasteiger charge is -2.09. The van der Waals surface area contributed by atoms with Gasteiger partial charge < -0.3 is 15.4 Å². The Kier molecular flexibility index (Phi) is 5.41. The van der Waals surface area contributed by atoms with E-state index in [0.29, 0.717) is 11.8 Å². The molecule has 0 aliphatic rings. The van der Waals surface area contributed by atoms with Crippen molar-refractivity contribution in [2.45, 2.75) is 13.3 Å². The Hall–Kier alpha value is -3.15. The molecule has 0 atom stereocenters. The van der Waals surface area contributed by atoms with E-state index >= 15 is 0 Å². The molecule has 0 fully saturated rings. The van der Waals surface area contributed by atoms with Gasteiger partial charge in [0.1, 0.15) is 5.75 Å². The fraction of sp³-hybridized carbons (Fsp3) is 0.211. The van der Waals surface area contributed by atoms with Crippen LogP contribution in [0.2, 0.25) is 0 Å². The monoisotopic (exact) mass is 335 g/mol. The molecule has 0 bridgehead atoms. The summed E-state index contributed by atoms with van der Waals surface area (Å²) in [7, 11) is 1.67. The highest BCUT2D eigenvalue weighted by Gasteiger charge is 2.03. The first-order chi connectivity index (χ1) is 12.2. The van der Waals surface area contributed by atoms with Crippen LogP contribution in [0.15, 0.2) is 54.7 Å². The Morgan fingerprint density at radius 2 is 1.84 bits per heavy atom. The number of anilines is 3. The molecular formula is C19H21N5O. The van der Waals surface area contributed by atoms with Gasteiger partial charge in [-0.2, -0.15) is 10.1 Å². The van der Waals surface area contributed by atoms with Crippen LogP contribution >= 0.6 is 0 Å². The van der Waals surface area contributed by atoms with Crippen LogP contribution in [0.4, 0.5) is 17.5 Å². The van der Waals surface area contributed by atoms with Gasteiger partial charge in [-0.1, -0.05) is 30.3 Å². The Morgan fingerprint density at radius 3 is 2.60 bits per heavy atom. The number of nitrogens with zero attached hydrogens (tertiary/aromatic N) is 3. The molecule has 3 rings (SSSR count). The molecule has 25 heavy (non-hydrogen) atoms. The first-order valence-corrected chi connectivity index (χ1v) is 8.14. The quantitative estimate of drug-likeness (QED) is 0.687. The molecule has 0 amide bonds. The molecule has 0 aliphatic carbocycles. The number of aryl methyl sites for hydroxylation is 1. The maximum absolute atomic E-state index is 5.16. The van der Waals surface area contributed by atoms with Crippen LogP contribution in [0.25, 0.3) is 0 Å². The topological polar surface area (TPSA) is 72.0 Å². The molecule has 2 aromatic carbocycles. The van der Waals surface area contributed by atoms with E-state index in [9.17, 15) is 0 Å². The van der Waals surface area contributed by atoms with Gasteiger partial charge in [-0.05, 0) is 42.7 Å². The van der Waals surface area contributed by atoms with Gasteiger partial charge in [0.25, 0.3) is 0 Å². The van der Waals surface area contributed by atoms with Gasteiger partial charge in [0.15, 0.2) is 5.82 Å². The zero-order chi connectivity index (χ0) is 17.5. The average Bonchev–Trinajstić information content (AvgIpc) is 2.65. The second-order valence-corrected chi connectivity index (χ2v) is 5.63. The lowest BCUT2D eigenvalue weighted by atomic mass is 10.1. The number of para-hydroxylation sites is 1. The van der Waals surface area contributed by atoms with Gasteiger partial charge in [0.2, 0.25) is 5.95 Å². The summed E-state index contributed by atoms with van der Waals surface area (Å²) >= 11 is 0. The molecule has 128 valence electrons. The molecule has 0 spiro atoms. The summed E-state index contributed by atoms with van der Waals surface area (Å²) in [6, 6.07) is 16.1. The highest BCUT2D eigenvalue weighted by molar-refractivity contribution is 5.59. The highest BCUT2D eigenvalue weighted by Crippen LogP contribution is 2.18. The summed E-state index contributed by atoms with van der Waals surface area (Å²) in [6.45, 7) is 2.77. The van der Waals surface area contributed by atoms with Crippen molar-refractivity contribution in [3.63, 3.8) is 0 Å². The van der Waals surface area contributed by atoms with E-state index in [1.165, 1.54) is 5.56 Å². The van der Waals surface area contributed by atoms with Gasteiger partial charge in [0.05, 0.1) is 13.3 Å². The molecule has 1 aromatic heterocycles. The molecule has 0 saturated carbocycles. The number of rotatable bonds is 7. The van der Waals surface area contributed by atoms with Crippen molar-refractivity contribution in [3.8, 4) is 5.75 Å². The maximum atomic E-state index is 5.16. The van der Waals surface area contributed by atoms with E-state index in [-0.39, 0.29) is 0 Å². The van der Waals surface area contributed by atoms with Crippen molar-refractivity contribution < 1.29 is 4.74 Å². The zero-order valence-corrected chi connectivity index (χ0v) is 14.4. The van der Waals surface area contributed by atoms with Gasteiger partial charge >= 0.3 is 0 Å². The van der Waals surface area contributed by atoms with Crippen LogP contribution in [0, 0.1) is 6.92 Å². The molecule has 0 aliphatic heterocycles. The van der Waals surface area contributed by atoms with Crippen LogP contribution in [-0.4, -0.2) is 28.8 Å². The number of methoxy groups -OCH3 is 1. The van der Waals surface area contributed by atoms with E-state index in [1.54, 1.807) is 13.3 Å². The van der Waals surface area contributed by atoms with Crippen LogP contribution < -0.4 is 15.4 Å². The van der Waals surface area contributed by atoms with Crippen molar-refractivity contribution in [1.29, 1.82) is 0 Å². The smallest absolute Gasteiger partial charge is 0.244 e. The maximum Gasteiger partial charge on any atom is 0.244 e. The van der Waals surface area contributed by atoms with Gasteiger partial charge in [-0.15, -0.1) is 5.10 Å². The molecule has 6 nitrogen and oxygen atoms in total. The molecule has 3 aromatic rings. The zero-order valence-electron chi connectivity index (χ0n) is 14.4. The van der Waals surface area contributed by atoms with Crippen molar-refractivity contribution >= 4 is 17.5 Å². The SMILES string of the molecule is COc1ccc(CCNc2nncc(Nc3ccccc3C)n2)cc1. The molecule has 2 N–H and O–H groups in total. The number of benzene rings is 2. The Labute approximate surface area is 147 Å².